The number of fused-ring (bicyclic) bond motifs is 3. The van der Waals surface area contributed by atoms with Gasteiger partial charge in [-0.3, -0.25) is 4.79 Å². The van der Waals surface area contributed by atoms with E-state index in [4.69, 9.17) is 4.74 Å². The molecule has 2 aromatic carbocycles. The molecule has 4 nitrogen and oxygen atoms in total. The molecule has 0 aliphatic heterocycles. The van der Waals surface area contributed by atoms with Gasteiger partial charge >= 0.3 is 5.97 Å². The lowest BCUT2D eigenvalue weighted by atomic mass is 9.89. The van der Waals surface area contributed by atoms with Crippen LogP contribution in [0.4, 0.5) is 9.39 Å². The van der Waals surface area contributed by atoms with E-state index in [0.29, 0.717) is 22.5 Å². The van der Waals surface area contributed by atoms with E-state index in [1.807, 2.05) is 18.2 Å². The number of aryl methyl sites for hydroxylation is 1. The zero-order valence-corrected chi connectivity index (χ0v) is 16.1. The molecule has 4 rings (SSSR count). The van der Waals surface area contributed by atoms with Crippen molar-refractivity contribution in [1.82, 2.24) is 0 Å². The Morgan fingerprint density at radius 3 is 2.61 bits per heavy atom. The average Bonchev–Trinajstić information content (AvgIpc) is 3.07. The molecule has 142 valence electrons. The summed E-state index contributed by atoms with van der Waals surface area (Å²) in [4.78, 5) is 26.3. The summed E-state index contributed by atoms with van der Waals surface area (Å²) in [5.74, 6) is -1.24. The van der Waals surface area contributed by atoms with Crippen LogP contribution >= 0.6 is 11.3 Å². The van der Waals surface area contributed by atoms with Crippen LogP contribution in [0, 0.1) is 5.82 Å². The standard InChI is InChI=1S/C22H18FNO3S/c1-2-27-22(26)18-17-12-9-13-5-3-4-6-16(13)19(17)28-21(18)24-20(25)14-7-10-15(23)11-8-14/h3-8,10-11H,2,9,12H2,1H3,(H,24,25). The third-order valence-corrected chi connectivity index (χ3v) is 5.91. The maximum atomic E-state index is 13.1. The lowest BCUT2D eigenvalue weighted by molar-refractivity contribution is 0.0527. The van der Waals surface area contributed by atoms with E-state index in [0.717, 1.165) is 22.4 Å². The van der Waals surface area contributed by atoms with Crippen molar-refractivity contribution in [2.75, 3.05) is 11.9 Å². The van der Waals surface area contributed by atoms with Crippen LogP contribution in [-0.2, 0) is 17.6 Å². The molecule has 1 aliphatic rings. The number of ether oxygens (including phenoxy) is 1. The van der Waals surface area contributed by atoms with Gasteiger partial charge < -0.3 is 10.1 Å². The fourth-order valence-corrected chi connectivity index (χ4v) is 4.72. The van der Waals surface area contributed by atoms with E-state index in [9.17, 15) is 14.0 Å². The molecule has 1 aliphatic carbocycles. The van der Waals surface area contributed by atoms with Gasteiger partial charge in [0.05, 0.1) is 12.2 Å². The molecule has 28 heavy (non-hydrogen) atoms. The Hall–Kier alpha value is -2.99. The summed E-state index contributed by atoms with van der Waals surface area (Å²) in [6, 6.07) is 13.4. The molecular weight excluding hydrogens is 377 g/mol. The van der Waals surface area contributed by atoms with Gasteiger partial charge in [-0.05, 0) is 60.7 Å². The molecule has 1 aromatic heterocycles. The zero-order valence-electron chi connectivity index (χ0n) is 15.3. The Balaban J connectivity index is 1.76. The van der Waals surface area contributed by atoms with Crippen LogP contribution in [-0.4, -0.2) is 18.5 Å². The van der Waals surface area contributed by atoms with Crippen molar-refractivity contribution in [2.45, 2.75) is 19.8 Å². The van der Waals surface area contributed by atoms with Crippen molar-refractivity contribution in [3.8, 4) is 10.4 Å². The summed E-state index contributed by atoms with van der Waals surface area (Å²) < 4.78 is 18.4. The minimum Gasteiger partial charge on any atom is -0.462 e. The van der Waals surface area contributed by atoms with Crippen LogP contribution in [0.1, 0.15) is 38.8 Å². The highest BCUT2D eigenvalue weighted by Crippen LogP contribution is 2.45. The Kier molecular flexibility index (Phi) is 4.96. The number of anilines is 1. The van der Waals surface area contributed by atoms with Crippen LogP contribution < -0.4 is 5.32 Å². The molecule has 0 bridgehead atoms. The molecule has 0 atom stereocenters. The number of thiophene rings is 1. The fourth-order valence-electron chi connectivity index (χ4n) is 3.42. The number of hydrogen-bond donors (Lipinski definition) is 1. The lowest BCUT2D eigenvalue weighted by Gasteiger charge is -2.16. The van der Waals surface area contributed by atoms with Crippen molar-refractivity contribution >= 4 is 28.2 Å². The Morgan fingerprint density at radius 2 is 1.86 bits per heavy atom. The normalized spacial score (nSPS) is 12.1. The number of nitrogens with one attached hydrogen (secondary N) is 1. The summed E-state index contributed by atoms with van der Waals surface area (Å²) in [7, 11) is 0. The molecule has 1 heterocycles. The predicted octanol–water partition coefficient (Wildman–Crippen LogP) is 5.08. The lowest BCUT2D eigenvalue weighted by Crippen LogP contribution is -2.16. The minimum atomic E-state index is -0.436. The SMILES string of the molecule is CCOC(=O)c1c(NC(=O)c2ccc(F)cc2)sc2c1CCc1ccccc1-2. The van der Waals surface area contributed by atoms with Gasteiger partial charge in [0.1, 0.15) is 10.8 Å². The monoisotopic (exact) mass is 395 g/mol. The molecule has 0 unspecified atom stereocenters. The molecule has 1 amide bonds. The first-order valence-corrected chi connectivity index (χ1v) is 9.88. The highest BCUT2D eigenvalue weighted by atomic mass is 32.1. The van der Waals surface area contributed by atoms with Crippen molar-refractivity contribution < 1.29 is 18.7 Å². The van der Waals surface area contributed by atoms with Crippen LogP contribution in [0.2, 0.25) is 0 Å². The van der Waals surface area contributed by atoms with Gasteiger partial charge in [-0.2, -0.15) is 0 Å². The van der Waals surface area contributed by atoms with E-state index in [2.05, 4.69) is 11.4 Å². The van der Waals surface area contributed by atoms with Gasteiger partial charge in [-0.1, -0.05) is 24.3 Å². The maximum Gasteiger partial charge on any atom is 0.341 e. The topological polar surface area (TPSA) is 55.4 Å². The zero-order chi connectivity index (χ0) is 19.7. The van der Waals surface area contributed by atoms with Gasteiger partial charge in [0, 0.05) is 10.4 Å². The van der Waals surface area contributed by atoms with Crippen LogP contribution in [0.5, 0.6) is 0 Å². The van der Waals surface area contributed by atoms with Gasteiger partial charge in [-0.25, -0.2) is 9.18 Å². The third kappa shape index (κ3) is 3.31. The van der Waals surface area contributed by atoms with Crippen molar-refractivity contribution in [3.63, 3.8) is 0 Å². The van der Waals surface area contributed by atoms with Crippen molar-refractivity contribution in [1.29, 1.82) is 0 Å². The van der Waals surface area contributed by atoms with E-state index in [-0.39, 0.29) is 6.61 Å². The Morgan fingerprint density at radius 1 is 1.11 bits per heavy atom. The van der Waals surface area contributed by atoms with E-state index < -0.39 is 17.7 Å². The fraction of sp³-hybridized carbons (Fsp3) is 0.182. The predicted molar refractivity (Wildman–Crippen MR) is 107 cm³/mol. The first kappa shape index (κ1) is 18.4. The molecule has 0 spiro atoms. The van der Waals surface area contributed by atoms with E-state index in [1.165, 1.54) is 41.2 Å². The number of hydrogen-bond acceptors (Lipinski definition) is 4. The smallest absolute Gasteiger partial charge is 0.341 e. The Labute approximate surface area is 166 Å². The number of halogens is 1. The minimum absolute atomic E-state index is 0.255. The second-order valence-corrected chi connectivity index (χ2v) is 7.47. The van der Waals surface area contributed by atoms with Crippen molar-refractivity contribution in [2.24, 2.45) is 0 Å². The molecule has 1 N–H and O–H groups in total. The Bertz CT molecular complexity index is 1060. The first-order valence-electron chi connectivity index (χ1n) is 9.06. The summed E-state index contributed by atoms with van der Waals surface area (Å²) in [6.07, 6.45) is 1.54. The number of carbonyl (C=O) groups excluding carboxylic acids is 2. The average molecular weight is 395 g/mol. The second-order valence-electron chi connectivity index (χ2n) is 6.45. The van der Waals surface area contributed by atoms with Crippen LogP contribution in [0.15, 0.2) is 48.5 Å². The second kappa shape index (κ2) is 7.56. The largest absolute Gasteiger partial charge is 0.462 e. The number of rotatable bonds is 4. The van der Waals surface area contributed by atoms with Gasteiger partial charge in [0.15, 0.2) is 0 Å². The third-order valence-electron chi connectivity index (χ3n) is 4.73. The highest BCUT2D eigenvalue weighted by Gasteiger charge is 2.29. The van der Waals surface area contributed by atoms with E-state index in [1.54, 1.807) is 6.92 Å². The molecule has 0 saturated carbocycles. The quantitative estimate of drug-likeness (QED) is 0.627. The molecule has 0 saturated heterocycles. The first-order chi connectivity index (χ1) is 13.6. The number of benzene rings is 2. The summed E-state index contributed by atoms with van der Waals surface area (Å²) in [5.41, 5.74) is 3.97. The summed E-state index contributed by atoms with van der Waals surface area (Å²) >= 11 is 1.38. The molecule has 6 heteroatoms. The summed E-state index contributed by atoms with van der Waals surface area (Å²) in [5, 5.41) is 3.30. The van der Waals surface area contributed by atoms with Gasteiger partial charge in [0.25, 0.3) is 5.91 Å². The number of amides is 1. The molecular formula is C22H18FNO3S. The van der Waals surface area contributed by atoms with Gasteiger partial charge in [0.2, 0.25) is 0 Å². The molecule has 0 fully saturated rings. The van der Waals surface area contributed by atoms with Crippen molar-refractivity contribution in [3.05, 3.63) is 76.6 Å². The van der Waals surface area contributed by atoms with Crippen LogP contribution in [0.25, 0.3) is 10.4 Å². The van der Waals surface area contributed by atoms with E-state index >= 15 is 0 Å². The number of esters is 1. The summed E-state index contributed by atoms with van der Waals surface area (Å²) in [6.45, 7) is 2.01. The number of carbonyl (C=O) groups is 2. The molecule has 0 radical (unpaired) electrons. The van der Waals surface area contributed by atoms with Crippen LogP contribution in [0.3, 0.4) is 0 Å². The maximum absolute atomic E-state index is 13.1. The van der Waals surface area contributed by atoms with Gasteiger partial charge in [-0.15, -0.1) is 11.3 Å². The molecule has 3 aromatic rings. The highest BCUT2D eigenvalue weighted by molar-refractivity contribution is 7.20.